The van der Waals surface area contributed by atoms with Gasteiger partial charge >= 0.3 is 6.09 Å². The summed E-state index contributed by atoms with van der Waals surface area (Å²) in [5.74, 6) is 0.502. The van der Waals surface area contributed by atoms with Gasteiger partial charge in [0.15, 0.2) is 0 Å². The molecule has 1 aromatic heterocycles. The van der Waals surface area contributed by atoms with Gasteiger partial charge in [0.1, 0.15) is 22.0 Å². The maximum Gasteiger partial charge on any atom is 0.410 e. The topological polar surface area (TPSA) is 64.6 Å². The molecular formula is C13H18BrN3O3. The highest BCUT2D eigenvalue weighted by Gasteiger charge is 2.35. The number of hydrogen-bond donors (Lipinski definition) is 0. The van der Waals surface area contributed by atoms with Gasteiger partial charge < -0.3 is 14.4 Å². The number of halogens is 1. The molecule has 0 aliphatic carbocycles. The van der Waals surface area contributed by atoms with E-state index in [1.807, 2.05) is 27.7 Å². The second-order valence-electron chi connectivity index (χ2n) is 5.71. The van der Waals surface area contributed by atoms with Crippen molar-refractivity contribution >= 4 is 22.0 Å². The standard InChI is InChI=1S/C13H18BrN3O3/c1-8-11(15-5-10(14)16-8)19-9-6-17(7-9)12(18)20-13(2,3)4/h5,9H,6-7H2,1-4H3. The summed E-state index contributed by atoms with van der Waals surface area (Å²) in [6.45, 7) is 8.38. The average molecular weight is 344 g/mol. The van der Waals surface area contributed by atoms with Gasteiger partial charge in [-0.1, -0.05) is 0 Å². The van der Waals surface area contributed by atoms with Crippen molar-refractivity contribution in [3.63, 3.8) is 0 Å². The van der Waals surface area contributed by atoms with Crippen LogP contribution in [0.1, 0.15) is 26.5 Å². The van der Waals surface area contributed by atoms with Crippen LogP contribution in [-0.2, 0) is 4.74 Å². The minimum atomic E-state index is -0.475. The molecule has 1 saturated heterocycles. The van der Waals surface area contributed by atoms with E-state index >= 15 is 0 Å². The molecule has 2 rings (SSSR count). The quantitative estimate of drug-likeness (QED) is 0.825. The van der Waals surface area contributed by atoms with Crippen LogP contribution in [0.15, 0.2) is 10.8 Å². The number of rotatable bonds is 2. The number of ether oxygens (including phenoxy) is 2. The monoisotopic (exact) mass is 343 g/mol. The van der Waals surface area contributed by atoms with Crippen LogP contribution in [0.25, 0.3) is 0 Å². The largest absolute Gasteiger partial charge is 0.469 e. The Hall–Kier alpha value is -1.37. The Labute approximate surface area is 126 Å². The Balaban J connectivity index is 1.83. The molecule has 0 atom stereocenters. The lowest BCUT2D eigenvalue weighted by atomic mass is 10.2. The molecule has 0 bridgehead atoms. The summed E-state index contributed by atoms with van der Waals surface area (Å²) in [5.41, 5.74) is 0.242. The number of aryl methyl sites for hydroxylation is 1. The molecule has 1 aliphatic heterocycles. The van der Waals surface area contributed by atoms with Crippen LogP contribution in [-0.4, -0.2) is 45.8 Å². The molecule has 1 fully saturated rings. The fraction of sp³-hybridized carbons (Fsp3) is 0.615. The first-order valence-electron chi connectivity index (χ1n) is 6.38. The Morgan fingerprint density at radius 1 is 1.45 bits per heavy atom. The van der Waals surface area contributed by atoms with E-state index in [1.54, 1.807) is 11.1 Å². The number of aromatic nitrogens is 2. The van der Waals surface area contributed by atoms with Gasteiger partial charge in [-0.05, 0) is 43.6 Å². The summed E-state index contributed by atoms with van der Waals surface area (Å²) in [7, 11) is 0. The molecule has 0 aromatic carbocycles. The number of amides is 1. The van der Waals surface area contributed by atoms with E-state index < -0.39 is 5.60 Å². The first kappa shape index (κ1) is 15.0. The van der Waals surface area contributed by atoms with Crippen LogP contribution in [0, 0.1) is 6.92 Å². The zero-order chi connectivity index (χ0) is 14.9. The van der Waals surface area contributed by atoms with E-state index in [9.17, 15) is 4.79 Å². The minimum Gasteiger partial charge on any atom is -0.469 e. The van der Waals surface area contributed by atoms with Crippen molar-refractivity contribution in [2.45, 2.75) is 39.4 Å². The first-order valence-corrected chi connectivity index (χ1v) is 7.17. The van der Waals surface area contributed by atoms with Crippen LogP contribution < -0.4 is 4.74 Å². The van der Waals surface area contributed by atoms with Crippen molar-refractivity contribution in [2.75, 3.05) is 13.1 Å². The van der Waals surface area contributed by atoms with Crippen LogP contribution in [0.5, 0.6) is 5.88 Å². The first-order chi connectivity index (χ1) is 9.24. The number of likely N-dealkylation sites (tertiary alicyclic amines) is 1. The Morgan fingerprint density at radius 2 is 2.10 bits per heavy atom. The third-order valence-corrected chi connectivity index (χ3v) is 3.03. The lowest BCUT2D eigenvalue weighted by molar-refractivity contribution is -0.0235. The van der Waals surface area contributed by atoms with Crippen molar-refractivity contribution in [2.24, 2.45) is 0 Å². The van der Waals surface area contributed by atoms with E-state index in [4.69, 9.17) is 9.47 Å². The fourth-order valence-electron chi connectivity index (χ4n) is 1.70. The van der Waals surface area contributed by atoms with Crippen LogP contribution in [0.2, 0.25) is 0 Å². The molecule has 20 heavy (non-hydrogen) atoms. The highest BCUT2D eigenvalue weighted by atomic mass is 79.9. The molecule has 7 heteroatoms. The molecule has 1 aromatic rings. The molecule has 1 aliphatic rings. The molecule has 0 spiro atoms. The molecule has 0 unspecified atom stereocenters. The van der Waals surface area contributed by atoms with Gasteiger partial charge in [-0.3, -0.25) is 0 Å². The van der Waals surface area contributed by atoms with Gasteiger partial charge in [0.2, 0.25) is 5.88 Å². The Bertz CT molecular complexity index is 510. The van der Waals surface area contributed by atoms with E-state index in [1.165, 1.54) is 0 Å². The summed E-state index contributed by atoms with van der Waals surface area (Å²) >= 11 is 3.25. The van der Waals surface area contributed by atoms with Gasteiger partial charge in [0.05, 0.1) is 19.3 Å². The van der Waals surface area contributed by atoms with Crippen molar-refractivity contribution in [1.29, 1.82) is 0 Å². The van der Waals surface area contributed by atoms with Crippen LogP contribution >= 0.6 is 15.9 Å². The number of hydrogen-bond acceptors (Lipinski definition) is 5. The average Bonchev–Trinajstić information content (AvgIpc) is 2.22. The van der Waals surface area contributed by atoms with Gasteiger partial charge in [-0.25, -0.2) is 14.8 Å². The lowest BCUT2D eigenvalue weighted by Gasteiger charge is -2.39. The summed E-state index contributed by atoms with van der Waals surface area (Å²) in [4.78, 5) is 21.7. The molecule has 0 N–H and O–H groups in total. The van der Waals surface area contributed by atoms with Gasteiger partial charge in [0, 0.05) is 0 Å². The maximum absolute atomic E-state index is 11.8. The molecule has 1 amide bonds. The smallest absolute Gasteiger partial charge is 0.410 e. The van der Waals surface area contributed by atoms with Crippen LogP contribution in [0.3, 0.4) is 0 Å². The van der Waals surface area contributed by atoms with Crippen molar-refractivity contribution in [3.05, 3.63) is 16.5 Å². The van der Waals surface area contributed by atoms with Crippen LogP contribution in [0.4, 0.5) is 4.79 Å². The zero-order valence-corrected chi connectivity index (χ0v) is 13.6. The highest BCUT2D eigenvalue weighted by Crippen LogP contribution is 2.21. The van der Waals surface area contributed by atoms with E-state index in [-0.39, 0.29) is 12.2 Å². The molecule has 0 saturated carbocycles. The predicted molar refractivity (Wildman–Crippen MR) is 76.7 cm³/mol. The van der Waals surface area contributed by atoms with Crippen molar-refractivity contribution < 1.29 is 14.3 Å². The van der Waals surface area contributed by atoms with Crippen molar-refractivity contribution in [3.8, 4) is 5.88 Å². The second kappa shape index (κ2) is 5.55. The maximum atomic E-state index is 11.8. The van der Waals surface area contributed by atoms with Gasteiger partial charge in [-0.2, -0.15) is 0 Å². The number of carbonyl (C=O) groups is 1. The zero-order valence-electron chi connectivity index (χ0n) is 12.0. The van der Waals surface area contributed by atoms with E-state index in [2.05, 4.69) is 25.9 Å². The summed E-state index contributed by atoms with van der Waals surface area (Å²) in [6, 6.07) is 0. The summed E-state index contributed by atoms with van der Waals surface area (Å²) < 4.78 is 11.7. The van der Waals surface area contributed by atoms with Gasteiger partial charge in [-0.15, -0.1) is 0 Å². The number of carbonyl (C=O) groups excluding carboxylic acids is 1. The third-order valence-electron chi connectivity index (χ3n) is 2.65. The van der Waals surface area contributed by atoms with E-state index in [0.717, 1.165) is 5.69 Å². The predicted octanol–water partition coefficient (Wildman–Crippen LogP) is 2.55. The lowest BCUT2D eigenvalue weighted by Crippen LogP contribution is -2.57. The molecular weight excluding hydrogens is 326 g/mol. The normalized spacial score (nSPS) is 15.8. The minimum absolute atomic E-state index is 0.0586. The molecule has 6 nitrogen and oxygen atoms in total. The number of nitrogens with zero attached hydrogens (tertiary/aromatic N) is 3. The van der Waals surface area contributed by atoms with Crippen molar-refractivity contribution in [1.82, 2.24) is 14.9 Å². The SMILES string of the molecule is Cc1nc(Br)cnc1OC1CN(C(=O)OC(C)(C)C)C1. The third kappa shape index (κ3) is 3.82. The molecule has 2 heterocycles. The van der Waals surface area contributed by atoms with E-state index in [0.29, 0.717) is 23.6 Å². The summed E-state index contributed by atoms with van der Waals surface area (Å²) in [5, 5.41) is 0. The molecule has 110 valence electrons. The fourth-order valence-corrected chi connectivity index (χ4v) is 2.07. The van der Waals surface area contributed by atoms with Gasteiger partial charge in [0.25, 0.3) is 0 Å². The second-order valence-corrected chi connectivity index (χ2v) is 6.52. The molecule has 0 radical (unpaired) electrons. The highest BCUT2D eigenvalue weighted by molar-refractivity contribution is 9.10. The summed E-state index contributed by atoms with van der Waals surface area (Å²) in [6.07, 6.45) is 1.22. The Morgan fingerprint density at radius 3 is 2.65 bits per heavy atom. The Kier molecular flexibility index (Phi) is 4.17.